The van der Waals surface area contributed by atoms with Crippen molar-refractivity contribution in [2.45, 2.75) is 25.0 Å². The second kappa shape index (κ2) is 7.07. The molecular weight excluding hydrogens is 160 g/mol. The third-order valence-electron chi connectivity index (χ3n) is 1.22. The predicted octanol–water partition coefficient (Wildman–Crippen LogP) is -1.52. The van der Waals surface area contributed by atoms with Crippen LogP contribution in [0.15, 0.2) is 0 Å². The van der Waals surface area contributed by atoms with Gasteiger partial charge in [0.15, 0.2) is 0 Å². The van der Waals surface area contributed by atoms with Gasteiger partial charge in [0.1, 0.15) is 0 Å². The van der Waals surface area contributed by atoms with E-state index in [1.807, 2.05) is 0 Å². The van der Waals surface area contributed by atoms with Crippen LogP contribution in [0.4, 0.5) is 0 Å². The van der Waals surface area contributed by atoms with Crippen LogP contribution in [-0.4, -0.2) is 45.8 Å². The van der Waals surface area contributed by atoms with E-state index in [1.165, 1.54) is 0 Å². The quantitative estimate of drug-likeness (QED) is 0.390. The first kappa shape index (κ1) is 11.4. The summed E-state index contributed by atoms with van der Waals surface area (Å²) in [6, 6.07) is 0. The number of rotatable bonds is 4. The summed E-state index contributed by atoms with van der Waals surface area (Å²) in [4.78, 5) is 0. The van der Waals surface area contributed by atoms with Crippen molar-refractivity contribution in [3.8, 4) is 11.8 Å². The zero-order valence-corrected chi connectivity index (χ0v) is 6.77. The lowest BCUT2D eigenvalue weighted by Gasteiger charge is -2.00. The summed E-state index contributed by atoms with van der Waals surface area (Å²) in [5.41, 5.74) is 0. The fourth-order valence-corrected chi connectivity index (χ4v) is 0.509. The lowest BCUT2D eigenvalue weighted by atomic mass is 10.2. The van der Waals surface area contributed by atoms with Crippen molar-refractivity contribution in [2.75, 3.05) is 13.2 Å². The molecule has 12 heavy (non-hydrogen) atoms. The highest BCUT2D eigenvalue weighted by molar-refractivity contribution is 5.01. The van der Waals surface area contributed by atoms with Crippen molar-refractivity contribution in [1.29, 1.82) is 0 Å². The third-order valence-corrected chi connectivity index (χ3v) is 1.22. The van der Waals surface area contributed by atoms with Gasteiger partial charge in [-0.15, -0.1) is 11.8 Å². The molecule has 0 aliphatic carbocycles. The monoisotopic (exact) mass is 174 g/mol. The summed E-state index contributed by atoms with van der Waals surface area (Å²) >= 11 is 0. The molecule has 0 aromatic heterocycles. The Kier molecular flexibility index (Phi) is 6.72. The largest absolute Gasteiger partial charge is 0.394 e. The molecule has 0 aromatic rings. The van der Waals surface area contributed by atoms with Crippen molar-refractivity contribution in [2.24, 2.45) is 0 Å². The first-order valence-electron chi connectivity index (χ1n) is 3.74. The van der Waals surface area contributed by atoms with Crippen LogP contribution in [0.1, 0.15) is 12.8 Å². The first-order valence-corrected chi connectivity index (χ1v) is 3.74. The van der Waals surface area contributed by atoms with Gasteiger partial charge < -0.3 is 20.4 Å². The van der Waals surface area contributed by atoms with Crippen molar-refractivity contribution in [3.05, 3.63) is 0 Å². The minimum Gasteiger partial charge on any atom is -0.394 e. The van der Waals surface area contributed by atoms with Crippen LogP contribution in [0.3, 0.4) is 0 Å². The highest BCUT2D eigenvalue weighted by atomic mass is 16.3. The second-order valence-electron chi connectivity index (χ2n) is 2.43. The molecule has 0 radical (unpaired) electrons. The molecule has 4 nitrogen and oxygen atoms in total. The summed E-state index contributed by atoms with van der Waals surface area (Å²) in [5, 5.41) is 34.4. The van der Waals surface area contributed by atoms with Gasteiger partial charge in [-0.05, 0) is 0 Å². The molecule has 2 atom stereocenters. The molecule has 70 valence electrons. The Morgan fingerprint density at radius 3 is 1.42 bits per heavy atom. The van der Waals surface area contributed by atoms with E-state index in [1.54, 1.807) is 0 Å². The van der Waals surface area contributed by atoms with Crippen LogP contribution >= 0.6 is 0 Å². The summed E-state index contributed by atoms with van der Waals surface area (Å²) in [6.45, 7) is -0.617. The van der Waals surface area contributed by atoms with Gasteiger partial charge in [0, 0.05) is 12.8 Å². The number of aliphatic hydroxyl groups excluding tert-OH is 4. The summed E-state index contributed by atoms with van der Waals surface area (Å²) in [7, 11) is 0. The van der Waals surface area contributed by atoms with Crippen molar-refractivity contribution < 1.29 is 20.4 Å². The fraction of sp³-hybridized carbons (Fsp3) is 0.750. The molecule has 4 heteroatoms. The normalized spacial score (nSPS) is 14.7. The Balaban J connectivity index is 3.46. The zero-order chi connectivity index (χ0) is 9.40. The van der Waals surface area contributed by atoms with Gasteiger partial charge in [-0.2, -0.15) is 0 Å². The average molecular weight is 174 g/mol. The first-order chi connectivity index (χ1) is 5.70. The summed E-state index contributed by atoms with van der Waals surface area (Å²) < 4.78 is 0. The molecule has 0 rings (SSSR count). The molecule has 0 bridgehead atoms. The Bertz CT molecular complexity index is 142. The van der Waals surface area contributed by atoms with Gasteiger partial charge >= 0.3 is 0 Å². The topological polar surface area (TPSA) is 80.9 Å². The highest BCUT2D eigenvalue weighted by Crippen LogP contribution is 1.90. The molecule has 0 spiro atoms. The van der Waals surface area contributed by atoms with Crippen LogP contribution in [0.5, 0.6) is 0 Å². The summed E-state index contributed by atoms with van der Waals surface area (Å²) in [5.74, 6) is 5.14. The van der Waals surface area contributed by atoms with E-state index in [9.17, 15) is 0 Å². The predicted molar refractivity (Wildman–Crippen MR) is 43.2 cm³/mol. The highest BCUT2D eigenvalue weighted by Gasteiger charge is 1.98. The third kappa shape index (κ3) is 6.13. The molecule has 0 amide bonds. The van der Waals surface area contributed by atoms with Gasteiger partial charge in [0.25, 0.3) is 0 Å². The molecular formula is C8H14O4. The minimum atomic E-state index is -0.816. The van der Waals surface area contributed by atoms with E-state index in [0.29, 0.717) is 0 Å². The van der Waals surface area contributed by atoms with Gasteiger partial charge in [0.2, 0.25) is 0 Å². The Morgan fingerprint density at radius 1 is 0.833 bits per heavy atom. The van der Waals surface area contributed by atoms with E-state index in [2.05, 4.69) is 11.8 Å². The van der Waals surface area contributed by atoms with Crippen molar-refractivity contribution in [3.63, 3.8) is 0 Å². The lowest BCUT2D eigenvalue weighted by molar-refractivity contribution is 0.0974. The van der Waals surface area contributed by atoms with Crippen LogP contribution in [0.2, 0.25) is 0 Å². The molecule has 0 fully saturated rings. The maximum Gasteiger partial charge on any atom is 0.0879 e. The van der Waals surface area contributed by atoms with E-state index in [-0.39, 0.29) is 26.1 Å². The Morgan fingerprint density at radius 2 is 1.17 bits per heavy atom. The molecule has 0 saturated carbocycles. The maximum absolute atomic E-state index is 8.82. The van der Waals surface area contributed by atoms with E-state index >= 15 is 0 Å². The van der Waals surface area contributed by atoms with Crippen LogP contribution in [0, 0.1) is 11.8 Å². The minimum absolute atomic E-state index is 0.189. The van der Waals surface area contributed by atoms with Gasteiger partial charge in [-0.3, -0.25) is 0 Å². The maximum atomic E-state index is 8.82. The van der Waals surface area contributed by atoms with Gasteiger partial charge in [-0.25, -0.2) is 0 Å². The molecule has 0 heterocycles. The number of hydrogen-bond acceptors (Lipinski definition) is 4. The molecule has 0 aliphatic heterocycles. The number of aliphatic hydroxyl groups is 4. The smallest absolute Gasteiger partial charge is 0.0879 e. The van der Waals surface area contributed by atoms with E-state index in [4.69, 9.17) is 20.4 Å². The van der Waals surface area contributed by atoms with Crippen LogP contribution in [0.25, 0.3) is 0 Å². The Labute approximate surface area is 71.5 Å². The molecule has 0 aromatic carbocycles. The standard InChI is InChI=1S/C8H14O4/c9-5-7(11)3-1-2-4-8(12)6-10/h7-12H,3-6H2. The molecule has 2 unspecified atom stereocenters. The molecule has 0 aliphatic rings. The Hall–Kier alpha value is -0.600. The van der Waals surface area contributed by atoms with Gasteiger partial charge in [-0.1, -0.05) is 0 Å². The van der Waals surface area contributed by atoms with Crippen LogP contribution < -0.4 is 0 Å². The van der Waals surface area contributed by atoms with Crippen molar-refractivity contribution in [1.82, 2.24) is 0 Å². The lowest BCUT2D eigenvalue weighted by Crippen LogP contribution is -2.11. The van der Waals surface area contributed by atoms with Gasteiger partial charge in [0.05, 0.1) is 25.4 Å². The molecule has 4 N–H and O–H groups in total. The second-order valence-corrected chi connectivity index (χ2v) is 2.43. The van der Waals surface area contributed by atoms with Crippen LogP contribution in [-0.2, 0) is 0 Å². The number of hydrogen-bond donors (Lipinski definition) is 4. The SMILES string of the molecule is OCC(O)CC#CCC(O)CO. The fourth-order valence-electron chi connectivity index (χ4n) is 0.509. The summed E-state index contributed by atoms with van der Waals surface area (Å²) in [6.07, 6.45) is -1.25. The molecule has 0 saturated heterocycles. The van der Waals surface area contributed by atoms with Crippen molar-refractivity contribution >= 4 is 0 Å². The van der Waals surface area contributed by atoms with E-state index in [0.717, 1.165) is 0 Å². The zero-order valence-electron chi connectivity index (χ0n) is 6.77. The average Bonchev–Trinajstić information content (AvgIpc) is 2.11. The van der Waals surface area contributed by atoms with E-state index < -0.39 is 12.2 Å².